The second-order valence-electron chi connectivity index (χ2n) is 5.80. The number of aromatic amines is 2. The first-order chi connectivity index (χ1) is 11.4. The molecular formula is C19H28N4. The molecule has 0 aromatic carbocycles. The molecular weight excluding hydrogens is 284 g/mol. The van der Waals surface area contributed by atoms with E-state index in [0.29, 0.717) is 0 Å². The smallest absolute Gasteiger partial charge is 0.0561 e. The van der Waals surface area contributed by atoms with Crippen molar-refractivity contribution in [3.63, 3.8) is 0 Å². The largest absolute Gasteiger partial charge is 0.360 e. The zero-order valence-electron chi connectivity index (χ0n) is 13.9. The van der Waals surface area contributed by atoms with Gasteiger partial charge in [-0.15, -0.1) is 0 Å². The Morgan fingerprint density at radius 3 is 1.48 bits per heavy atom. The van der Waals surface area contributed by atoms with Gasteiger partial charge >= 0.3 is 0 Å². The van der Waals surface area contributed by atoms with Crippen LogP contribution in [0.15, 0.2) is 46.6 Å². The average Bonchev–Trinajstić information content (AvgIpc) is 3.25. The summed E-state index contributed by atoms with van der Waals surface area (Å²) in [4.78, 5) is 15.1. The Bertz CT molecular complexity index is 488. The Morgan fingerprint density at radius 1 is 0.652 bits per heavy atom. The summed E-state index contributed by atoms with van der Waals surface area (Å²) in [6.07, 6.45) is 16.6. The summed E-state index contributed by atoms with van der Waals surface area (Å²) in [5, 5.41) is 0. The molecule has 23 heavy (non-hydrogen) atoms. The van der Waals surface area contributed by atoms with Crippen LogP contribution in [-0.4, -0.2) is 35.5 Å². The van der Waals surface area contributed by atoms with Gasteiger partial charge in [0.15, 0.2) is 0 Å². The van der Waals surface area contributed by atoms with Gasteiger partial charge in [0.1, 0.15) is 0 Å². The first-order valence-corrected chi connectivity index (χ1v) is 8.71. The van der Waals surface area contributed by atoms with Crippen LogP contribution in [0.4, 0.5) is 0 Å². The van der Waals surface area contributed by atoms with Gasteiger partial charge < -0.3 is 9.97 Å². The van der Waals surface area contributed by atoms with Crippen LogP contribution in [0.1, 0.15) is 56.3 Å². The third-order valence-corrected chi connectivity index (χ3v) is 3.78. The monoisotopic (exact) mass is 312 g/mol. The minimum atomic E-state index is 0.937. The first kappa shape index (κ1) is 17.3. The molecule has 0 aliphatic carbocycles. The van der Waals surface area contributed by atoms with Gasteiger partial charge in [-0.1, -0.05) is 32.1 Å². The molecule has 4 heteroatoms. The highest BCUT2D eigenvalue weighted by atomic mass is 14.8. The molecule has 2 heterocycles. The fourth-order valence-electron chi connectivity index (χ4n) is 2.46. The molecule has 0 aliphatic heterocycles. The summed E-state index contributed by atoms with van der Waals surface area (Å²) in [6.45, 7) is 1.87. The van der Waals surface area contributed by atoms with Crippen molar-refractivity contribution in [3.8, 4) is 0 Å². The molecule has 0 fully saturated rings. The molecule has 2 aromatic heterocycles. The van der Waals surface area contributed by atoms with Crippen molar-refractivity contribution in [2.75, 3.05) is 13.1 Å². The number of hydrogen-bond acceptors (Lipinski definition) is 2. The van der Waals surface area contributed by atoms with Crippen molar-refractivity contribution in [2.24, 2.45) is 9.98 Å². The van der Waals surface area contributed by atoms with Gasteiger partial charge in [-0.25, -0.2) is 0 Å². The Kier molecular flexibility index (Phi) is 8.60. The normalized spacial score (nSPS) is 11.8. The molecule has 0 saturated heterocycles. The van der Waals surface area contributed by atoms with E-state index in [9.17, 15) is 0 Å². The molecule has 0 aliphatic rings. The van der Waals surface area contributed by atoms with Gasteiger partial charge in [0, 0.05) is 37.9 Å². The second-order valence-corrected chi connectivity index (χ2v) is 5.80. The fourth-order valence-corrected chi connectivity index (χ4v) is 2.46. The Morgan fingerprint density at radius 2 is 1.09 bits per heavy atom. The summed E-state index contributed by atoms with van der Waals surface area (Å²) in [5.74, 6) is 0. The zero-order chi connectivity index (χ0) is 16.0. The molecule has 0 spiro atoms. The van der Waals surface area contributed by atoms with E-state index in [1.807, 2.05) is 49.1 Å². The summed E-state index contributed by atoms with van der Waals surface area (Å²) >= 11 is 0. The molecule has 2 rings (SSSR count). The van der Waals surface area contributed by atoms with Crippen molar-refractivity contribution in [1.29, 1.82) is 0 Å². The lowest BCUT2D eigenvalue weighted by Crippen LogP contribution is -1.88. The molecule has 0 saturated carbocycles. The lowest BCUT2D eigenvalue weighted by molar-refractivity contribution is 0.586. The van der Waals surface area contributed by atoms with Gasteiger partial charge in [-0.05, 0) is 37.1 Å². The lowest BCUT2D eigenvalue weighted by atomic mass is 10.1. The van der Waals surface area contributed by atoms with Crippen LogP contribution < -0.4 is 0 Å². The van der Waals surface area contributed by atoms with E-state index in [0.717, 1.165) is 24.5 Å². The van der Waals surface area contributed by atoms with Crippen LogP contribution >= 0.6 is 0 Å². The molecule has 0 bridgehead atoms. The number of unbranched alkanes of at least 4 members (excludes halogenated alkanes) is 6. The van der Waals surface area contributed by atoms with Crippen molar-refractivity contribution >= 4 is 12.4 Å². The van der Waals surface area contributed by atoms with Crippen LogP contribution in [0.5, 0.6) is 0 Å². The van der Waals surface area contributed by atoms with Crippen molar-refractivity contribution in [3.05, 3.63) is 48.0 Å². The maximum Gasteiger partial charge on any atom is 0.0561 e. The van der Waals surface area contributed by atoms with Crippen molar-refractivity contribution in [1.82, 2.24) is 9.97 Å². The molecule has 4 nitrogen and oxygen atoms in total. The van der Waals surface area contributed by atoms with E-state index in [4.69, 9.17) is 0 Å². The van der Waals surface area contributed by atoms with Gasteiger partial charge in [-0.2, -0.15) is 0 Å². The highest BCUT2D eigenvalue weighted by molar-refractivity contribution is 5.77. The predicted octanol–water partition coefficient (Wildman–Crippen LogP) is 4.61. The van der Waals surface area contributed by atoms with Crippen LogP contribution in [0, 0.1) is 0 Å². The Labute approximate surface area is 139 Å². The number of nitrogens with zero attached hydrogens (tertiary/aromatic N) is 2. The summed E-state index contributed by atoms with van der Waals surface area (Å²) in [5.41, 5.74) is 2.17. The zero-order valence-corrected chi connectivity index (χ0v) is 13.9. The van der Waals surface area contributed by atoms with Crippen molar-refractivity contribution < 1.29 is 0 Å². The molecule has 0 amide bonds. The van der Waals surface area contributed by atoms with E-state index in [1.54, 1.807) is 0 Å². The highest BCUT2D eigenvalue weighted by Crippen LogP contribution is 2.07. The average molecular weight is 312 g/mol. The van der Waals surface area contributed by atoms with Crippen LogP contribution in [0.25, 0.3) is 0 Å². The number of hydrogen-bond donors (Lipinski definition) is 2. The summed E-state index contributed by atoms with van der Waals surface area (Å²) < 4.78 is 0. The van der Waals surface area contributed by atoms with Crippen LogP contribution in [0.2, 0.25) is 0 Å². The topological polar surface area (TPSA) is 56.3 Å². The Hall–Kier alpha value is -2.10. The van der Waals surface area contributed by atoms with Crippen molar-refractivity contribution in [2.45, 2.75) is 44.9 Å². The van der Waals surface area contributed by atoms with Gasteiger partial charge in [0.05, 0.1) is 11.4 Å². The number of aromatic nitrogens is 2. The number of nitrogens with one attached hydrogen (secondary N) is 2. The quantitative estimate of drug-likeness (QED) is 0.425. The van der Waals surface area contributed by atoms with Crippen LogP contribution in [-0.2, 0) is 0 Å². The summed E-state index contributed by atoms with van der Waals surface area (Å²) in [6, 6.07) is 8.05. The van der Waals surface area contributed by atoms with Gasteiger partial charge in [0.2, 0.25) is 0 Å². The molecule has 0 radical (unpaired) electrons. The second kappa shape index (κ2) is 11.5. The minimum Gasteiger partial charge on any atom is -0.360 e. The molecule has 2 N–H and O–H groups in total. The van der Waals surface area contributed by atoms with Gasteiger partial charge in [0.25, 0.3) is 0 Å². The van der Waals surface area contributed by atoms with E-state index in [-0.39, 0.29) is 0 Å². The molecule has 124 valence electrons. The third-order valence-electron chi connectivity index (χ3n) is 3.78. The van der Waals surface area contributed by atoms with Gasteiger partial charge in [-0.3, -0.25) is 9.98 Å². The minimum absolute atomic E-state index is 0.937. The van der Waals surface area contributed by atoms with Crippen LogP contribution in [0.3, 0.4) is 0 Å². The number of aliphatic imine (C=N–C) groups is 2. The number of H-pyrrole nitrogens is 2. The van der Waals surface area contributed by atoms with E-state index in [1.165, 1.54) is 44.9 Å². The van der Waals surface area contributed by atoms with E-state index < -0.39 is 0 Å². The standard InChI is InChI=1S/C19H28N4/c1(2-4-6-12-20-16-18-10-8-14-22-18)3-5-7-13-21-17-19-11-9-15-23-19/h8-11,14-17,22-23H,1-7,12-13H2. The lowest BCUT2D eigenvalue weighted by Gasteiger charge is -2.00. The maximum absolute atomic E-state index is 4.43. The SMILES string of the molecule is C(=NCCCCCCCCCN=Cc1ccc[nH]1)c1ccc[nH]1. The molecule has 0 unspecified atom stereocenters. The fraction of sp³-hybridized carbons (Fsp3) is 0.474. The predicted molar refractivity (Wildman–Crippen MR) is 98.8 cm³/mol. The number of rotatable bonds is 12. The van der Waals surface area contributed by atoms with E-state index in [2.05, 4.69) is 20.0 Å². The highest BCUT2D eigenvalue weighted by Gasteiger charge is 1.92. The first-order valence-electron chi connectivity index (χ1n) is 8.71. The molecule has 0 atom stereocenters. The molecule has 2 aromatic rings. The Balaban J connectivity index is 1.34. The van der Waals surface area contributed by atoms with E-state index >= 15 is 0 Å². The maximum atomic E-state index is 4.43. The third kappa shape index (κ3) is 8.19. The summed E-state index contributed by atoms with van der Waals surface area (Å²) in [7, 11) is 0.